The molecule has 4 rings (SSSR count). The van der Waals surface area contributed by atoms with Crippen molar-refractivity contribution in [2.24, 2.45) is 13.0 Å². The van der Waals surface area contributed by atoms with Gasteiger partial charge in [0.05, 0.1) is 18.4 Å². The van der Waals surface area contributed by atoms with Crippen molar-refractivity contribution in [2.45, 2.75) is 39.2 Å². The van der Waals surface area contributed by atoms with E-state index in [9.17, 15) is 9.59 Å². The predicted molar refractivity (Wildman–Crippen MR) is 114 cm³/mol. The number of benzene rings is 1. The van der Waals surface area contributed by atoms with Crippen LogP contribution < -0.4 is 10.6 Å². The van der Waals surface area contributed by atoms with Crippen LogP contribution in [0.3, 0.4) is 0 Å². The molecule has 156 valence electrons. The first-order valence-corrected chi connectivity index (χ1v) is 10.2. The van der Waals surface area contributed by atoms with E-state index in [0.29, 0.717) is 18.1 Å². The van der Waals surface area contributed by atoms with Crippen LogP contribution in [0, 0.1) is 12.8 Å². The van der Waals surface area contributed by atoms with E-state index in [-0.39, 0.29) is 23.4 Å². The van der Waals surface area contributed by atoms with Gasteiger partial charge in [-0.15, -0.1) is 0 Å². The number of nitrogens with zero attached hydrogens (tertiary/aromatic N) is 4. The zero-order valence-corrected chi connectivity index (χ0v) is 17.3. The van der Waals surface area contributed by atoms with Crippen molar-refractivity contribution < 1.29 is 9.59 Å². The number of aryl methyl sites for hydroxylation is 2. The maximum Gasteiger partial charge on any atom is 0.276 e. The molecule has 8 nitrogen and oxygen atoms in total. The number of amides is 2. The summed E-state index contributed by atoms with van der Waals surface area (Å²) in [5, 5.41) is 14.2. The summed E-state index contributed by atoms with van der Waals surface area (Å²) in [6.45, 7) is 2.67. The summed E-state index contributed by atoms with van der Waals surface area (Å²) < 4.78 is 3.29. The molecule has 1 aliphatic carbocycles. The molecule has 2 heterocycles. The largest absolute Gasteiger partial charge is 0.318 e. The van der Waals surface area contributed by atoms with Crippen molar-refractivity contribution in [3.8, 4) is 0 Å². The molecule has 0 atom stereocenters. The van der Waals surface area contributed by atoms with Crippen LogP contribution in [0.25, 0.3) is 0 Å². The van der Waals surface area contributed by atoms with Gasteiger partial charge in [-0.25, -0.2) is 0 Å². The third-order valence-electron chi connectivity index (χ3n) is 5.45. The number of rotatable bonds is 6. The molecule has 0 radical (unpaired) electrons. The highest BCUT2D eigenvalue weighted by Crippen LogP contribution is 2.26. The quantitative estimate of drug-likeness (QED) is 0.656. The summed E-state index contributed by atoms with van der Waals surface area (Å²) in [5.41, 5.74) is 3.18. The van der Waals surface area contributed by atoms with Gasteiger partial charge in [0.25, 0.3) is 5.91 Å². The highest BCUT2D eigenvalue weighted by atomic mass is 16.2. The van der Waals surface area contributed by atoms with Crippen LogP contribution in [0.15, 0.2) is 42.7 Å². The van der Waals surface area contributed by atoms with Gasteiger partial charge in [-0.1, -0.05) is 42.7 Å². The molecule has 2 amide bonds. The lowest BCUT2D eigenvalue weighted by molar-refractivity contribution is -0.119. The van der Waals surface area contributed by atoms with E-state index < -0.39 is 0 Å². The fraction of sp³-hybridized carbons (Fsp3) is 0.364. The average molecular weight is 406 g/mol. The summed E-state index contributed by atoms with van der Waals surface area (Å²) >= 11 is 0. The molecule has 1 saturated carbocycles. The molecule has 1 aliphatic rings. The Labute approximate surface area is 175 Å². The summed E-state index contributed by atoms with van der Waals surface area (Å²) in [6.07, 6.45) is 7.41. The number of carbonyl (C=O) groups excluding carboxylic acids is 2. The molecule has 8 heteroatoms. The third kappa shape index (κ3) is 4.59. The number of aromatic nitrogens is 4. The van der Waals surface area contributed by atoms with Gasteiger partial charge in [0, 0.05) is 25.2 Å². The van der Waals surface area contributed by atoms with E-state index in [2.05, 4.69) is 52.0 Å². The van der Waals surface area contributed by atoms with Crippen molar-refractivity contribution in [2.75, 3.05) is 10.6 Å². The molecule has 0 unspecified atom stereocenters. The van der Waals surface area contributed by atoms with Crippen LogP contribution in [0.2, 0.25) is 0 Å². The summed E-state index contributed by atoms with van der Waals surface area (Å²) in [7, 11) is 1.71. The van der Waals surface area contributed by atoms with Gasteiger partial charge in [0.15, 0.2) is 5.69 Å². The van der Waals surface area contributed by atoms with E-state index >= 15 is 0 Å². The Kier molecular flexibility index (Phi) is 5.65. The van der Waals surface area contributed by atoms with Crippen LogP contribution in [-0.2, 0) is 18.4 Å². The minimum atomic E-state index is -0.346. The molecule has 30 heavy (non-hydrogen) atoms. The minimum Gasteiger partial charge on any atom is -0.318 e. The Morgan fingerprint density at radius 3 is 2.60 bits per heavy atom. The zero-order chi connectivity index (χ0) is 21.1. The van der Waals surface area contributed by atoms with Gasteiger partial charge in [0.1, 0.15) is 5.82 Å². The van der Waals surface area contributed by atoms with E-state index in [1.807, 2.05) is 0 Å². The maximum absolute atomic E-state index is 12.6. The summed E-state index contributed by atoms with van der Waals surface area (Å²) in [5.74, 6) is 0.227. The summed E-state index contributed by atoms with van der Waals surface area (Å²) in [4.78, 5) is 24.9. The van der Waals surface area contributed by atoms with Crippen LogP contribution in [0.4, 0.5) is 11.5 Å². The molecule has 0 spiro atoms. The second-order valence-corrected chi connectivity index (χ2v) is 7.88. The normalized spacial score (nSPS) is 14.1. The Hall–Kier alpha value is -3.42. The van der Waals surface area contributed by atoms with Gasteiger partial charge in [-0.3, -0.25) is 19.0 Å². The smallest absolute Gasteiger partial charge is 0.276 e. The second-order valence-electron chi connectivity index (χ2n) is 7.88. The molecular weight excluding hydrogens is 380 g/mol. The molecule has 2 aromatic heterocycles. The molecule has 1 aromatic carbocycles. The number of anilines is 2. The number of hydrogen-bond acceptors (Lipinski definition) is 4. The fourth-order valence-corrected chi connectivity index (χ4v) is 3.70. The monoisotopic (exact) mass is 406 g/mol. The van der Waals surface area contributed by atoms with Crippen LogP contribution in [-0.4, -0.2) is 31.4 Å². The summed E-state index contributed by atoms with van der Waals surface area (Å²) in [6, 6.07) is 9.84. The van der Waals surface area contributed by atoms with E-state index in [1.54, 1.807) is 30.2 Å². The van der Waals surface area contributed by atoms with Crippen molar-refractivity contribution >= 4 is 23.3 Å². The van der Waals surface area contributed by atoms with E-state index in [1.165, 1.54) is 10.2 Å². The van der Waals surface area contributed by atoms with Crippen molar-refractivity contribution in [1.29, 1.82) is 0 Å². The standard InChI is InChI=1S/C22H26N6O2/c1-15-7-9-16(10-8-15)13-28-14-18(12-23-28)24-22(30)19-11-20(27(2)26-19)25-21(29)17-5-3-4-6-17/h7-12,14,17H,3-6,13H2,1-2H3,(H,24,30)(H,25,29). The van der Waals surface area contributed by atoms with Gasteiger partial charge in [-0.2, -0.15) is 10.2 Å². The topological polar surface area (TPSA) is 93.8 Å². The number of hydrogen-bond donors (Lipinski definition) is 2. The Balaban J connectivity index is 1.37. The van der Waals surface area contributed by atoms with Crippen LogP contribution in [0.1, 0.15) is 47.3 Å². The maximum atomic E-state index is 12.6. The van der Waals surface area contributed by atoms with Crippen molar-refractivity contribution in [1.82, 2.24) is 19.6 Å². The minimum absolute atomic E-state index is 0.000148. The molecule has 0 aliphatic heterocycles. The molecule has 3 aromatic rings. The van der Waals surface area contributed by atoms with Crippen LogP contribution in [0.5, 0.6) is 0 Å². The fourth-order valence-electron chi connectivity index (χ4n) is 3.70. The Bertz CT molecular complexity index is 1040. The van der Waals surface area contributed by atoms with Crippen molar-refractivity contribution in [3.63, 3.8) is 0 Å². The van der Waals surface area contributed by atoms with Gasteiger partial charge in [-0.05, 0) is 25.3 Å². The van der Waals surface area contributed by atoms with E-state index in [4.69, 9.17) is 0 Å². The first-order chi connectivity index (χ1) is 14.5. The highest BCUT2D eigenvalue weighted by Gasteiger charge is 2.24. The second kappa shape index (κ2) is 8.52. The van der Waals surface area contributed by atoms with Gasteiger partial charge >= 0.3 is 0 Å². The van der Waals surface area contributed by atoms with Gasteiger partial charge in [0.2, 0.25) is 5.91 Å². The molecule has 1 fully saturated rings. The Morgan fingerprint density at radius 2 is 1.87 bits per heavy atom. The SMILES string of the molecule is Cc1ccc(Cn2cc(NC(=O)c3cc(NC(=O)C4CCCC4)n(C)n3)cn2)cc1. The first kappa shape index (κ1) is 19.9. The zero-order valence-electron chi connectivity index (χ0n) is 17.3. The van der Waals surface area contributed by atoms with Gasteiger partial charge < -0.3 is 10.6 Å². The molecule has 2 N–H and O–H groups in total. The molecule has 0 bridgehead atoms. The molecular formula is C22H26N6O2. The lowest BCUT2D eigenvalue weighted by Crippen LogP contribution is -2.21. The third-order valence-corrected chi connectivity index (χ3v) is 5.45. The average Bonchev–Trinajstić information content (AvgIpc) is 3.46. The van der Waals surface area contributed by atoms with Crippen LogP contribution >= 0.6 is 0 Å². The number of nitrogens with one attached hydrogen (secondary N) is 2. The highest BCUT2D eigenvalue weighted by molar-refractivity contribution is 6.03. The van der Waals surface area contributed by atoms with Crippen molar-refractivity contribution in [3.05, 3.63) is 59.5 Å². The predicted octanol–water partition coefficient (Wildman–Crippen LogP) is 3.35. The number of carbonyl (C=O) groups is 2. The molecule has 0 saturated heterocycles. The first-order valence-electron chi connectivity index (χ1n) is 10.2. The van der Waals surface area contributed by atoms with E-state index in [0.717, 1.165) is 31.2 Å². The lowest BCUT2D eigenvalue weighted by Gasteiger charge is -2.09. The Morgan fingerprint density at radius 1 is 1.13 bits per heavy atom. The lowest BCUT2D eigenvalue weighted by atomic mass is 10.1.